The van der Waals surface area contributed by atoms with E-state index >= 15 is 0 Å². The standard InChI is InChI=1S/C24H47BrO4/c1-3-5-7-9-11-14-21-28-24(29-22-15-12-10-8-6-4-2)18-17-23(26)27-20-16-13-19-25/h24H,3-22H2,1-2H3. The third kappa shape index (κ3) is 22.4. The fourth-order valence-electron chi connectivity index (χ4n) is 3.10. The van der Waals surface area contributed by atoms with Crippen molar-refractivity contribution < 1.29 is 19.0 Å². The van der Waals surface area contributed by atoms with Crippen LogP contribution in [0.15, 0.2) is 0 Å². The van der Waals surface area contributed by atoms with Crippen molar-refractivity contribution in [1.29, 1.82) is 0 Å². The van der Waals surface area contributed by atoms with Crippen LogP contribution in [0.1, 0.15) is 117 Å². The zero-order chi connectivity index (χ0) is 21.4. The molecule has 0 aliphatic rings. The van der Waals surface area contributed by atoms with E-state index in [-0.39, 0.29) is 12.3 Å². The van der Waals surface area contributed by atoms with Gasteiger partial charge in [-0.3, -0.25) is 4.79 Å². The molecule has 0 amide bonds. The number of carbonyl (C=O) groups is 1. The Balaban J connectivity index is 3.98. The first-order chi connectivity index (χ1) is 14.2. The minimum Gasteiger partial charge on any atom is -0.466 e. The minimum atomic E-state index is -0.281. The van der Waals surface area contributed by atoms with Gasteiger partial charge >= 0.3 is 5.97 Å². The van der Waals surface area contributed by atoms with Gasteiger partial charge in [-0.15, -0.1) is 0 Å². The molecule has 0 spiro atoms. The lowest BCUT2D eigenvalue weighted by Crippen LogP contribution is -2.21. The highest BCUT2D eigenvalue weighted by molar-refractivity contribution is 9.09. The Morgan fingerprint density at radius 1 is 0.690 bits per heavy atom. The minimum absolute atomic E-state index is 0.143. The lowest BCUT2D eigenvalue weighted by atomic mass is 10.1. The molecule has 0 aromatic carbocycles. The maximum atomic E-state index is 11.9. The molecule has 0 rings (SSSR count). The van der Waals surface area contributed by atoms with Crippen molar-refractivity contribution in [3.8, 4) is 0 Å². The molecule has 0 heterocycles. The Bertz CT molecular complexity index is 321. The molecular weight excluding hydrogens is 432 g/mol. The lowest BCUT2D eigenvalue weighted by molar-refractivity contribution is -0.159. The van der Waals surface area contributed by atoms with Gasteiger partial charge in [-0.1, -0.05) is 94.0 Å². The van der Waals surface area contributed by atoms with Crippen LogP contribution in [0.25, 0.3) is 0 Å². The zero-order valence-corrected chi connectivity index (χ0v) is 20.8. The molecule has 0 fully saturated rings. The highest BCUT2D eigenvalue weighted by Gasteiger charge is 2.13. The predicted octanol–water partition coefficient (Wildman–Crippen LogP) is 7.57. The molecule has 0 bridgehead atoms. The quantitative estimate of drug-likeness (QED) is 0.0656. The van der Waals surface area contributed by atoms with Gasteiger partial charge in [-0.25, -0.2) is 0 Å². The second kappa shape index (κ2) is 24.1. The van der Waals surface area contributed by atoms with Gasteiger partial charge < -0.3 is 14.2 Å². The Labute approximate surface area is 189 Å². The van der Waals surface area contributed by atoms with Gasteiger partial charge in [0.05, 0.1) is 13.0 Å². The molecule has 0 aromatic heterocycles. The Morgan fingerprint density at radius 3 is 1.69 bits per heavy atom. The summed E-state index contributed by atoms with van der Waals surface area (Å²) in [5, 5.41) is 0.950. The van der Waals surface area contributed by atoms with Gasteiger partial charge in [-0.05, 0) is 25.7 Å². The van der Waals surface area contributed by atoms with E-state index in [1.807, 2.05) is 0 Å². The molecule has 0 aromatic rings. The van der Waals surface area contributed by atoms with Crippen molar-refractivity contribution in [2.45, 2.75) is 123 Å². The summed E-state index contributed by atoms with van der Waals surface area (Å²) in [7, 11) is 0. The average molecular weight is 480 g/mol. The van der Waals surface area contributed by atoms with E-state index < -0.39 is 0 Å². The summed E-state index contributed by atoms with van der Waals surface area (Å²) in [6, 6.07) is 0. The van der Waals surface area contributed by atoms with Crippen molar-refractivity contribution in [2.75, 3.05) is 25.2 Å². The Kier molecular flexibility index (Phi) is 24.0. The van der Waals surface area contributed by atoms with Crippen LogP contribution in [0.2, 0.25) is 0 Å². The third-order valence-corrected chi connectivity index (χ3v) is 5.54. The van der Waals surface area contributed by atoms with Crippen LogP contribution >= 0.6 is 15.9 Å². The monoisotopic (exact) mass is 478 g/mol. The maximum absolute atomic E-state index is 11.9. The van der Waals surface area contributed by atoms with E-state index in [2.05, 4.69) is 29.8 Å². The third-order valence-electron chi connectivity index (χ3n) is 4.98. The summed E-state index contributed by atoms with van der Waals surface area (Å²) < 4.78 is 17.2. The van der Waals surface area contributed by atoms with E-state index in [0.717, 1.165) is 31.0 Å². The first-order valence-corrected chi connectivity index (χ1v) is 13.3. The molecule has 0 aliphatic heterocycles. The smallest absolute Gasteiger partial charge is 0.305 e. The van der Waals surface area contributed by atoms with Gasteiger partial charge in [0.2, 0.25) is 0 Å². The summed E-state index contributed by atoms with van der Waals surface area (Å²) in [5.41, 5.74) is 0. The number of unbranched alkanes of at least 4 members (excludes halogenated alkanes) is 11. The molecule has 0 atom stereocenters. The first-order valence-electron chi connectivity index (χ1n) is 12.2. The number of carbonyl (C=O) groups excluding carboxylic acids is 1. The highest BCUT2D eigenvalue weighted by Crippen LogP contribution is 2.12. The summed E-state index contributed by atoms with van der Waals surface area (Å²) >= 11 is 3.39. The first kappa shape index (κ1) is 28.9. The van der Waals surface area contributed by atoms with Gasteiger partial charge in [0.1, 0.15) is 0 Å². The molecule has 0 aliphatic carbocycles. The second-order valence-electron chi connectivity index (χ2n) is 7.86. The van der Waals surface area contributed by atoms with Crippen LogP contribution in [0.3, 0.4) is 0 Å². The van der Waals surface area contributed by atoms with Crippen molar-refractivity contribution in [1.82, 2.24) is 0 Å². The summed E-state index contributed by atoms with van der Waals surface area (Å²) in [6.07, 6.45) is 17.5. The highest BCUT2D eigenvalue weighted by atomic mass is 79.9. The predicted molar refractivity (Wildman–Crippen MR) is 126 cm³/mol. The number of hydrogen-bond donors (Lipinski definition) is 0. The number of ether oxygens (including phenoxy) is 3. The van der Waals surface area contributed by atoms with Crippen LogP contribution in [0.4, 0.5) is 0 Å². The maximum Gasteiger partial charge on any atom is 0.305 e. The van der Waals surface area contributed by atoms with Crippen LogP contribution in [-0.2, 0) is 19.0 Å². The molecule has 29 heavy (non-hydrogen) atoms. The van der Waals surface area contributed by atoms with E-state index in [9.17, 15) is 4.79 Å². The van der Waals surface area contributed by atoms with E-state index in [1.165, 1.54) is 64.2 Å². The fraction of sp³-hybridized carbons (Fsp3) is 0.958. The molecule has 0 saturated carbocycles. The van der Waals surface area contributed by atoms with Crippen molar-refractivity contribution in [3.63, 3.8) is 0 Å². The van der Waals surface area contributed by atoms with Gasteiger partial charge in [0, 0.05) is 25.0 Å². The summed E-state index contributed by atoms with van der Waals surface area (Å²) in [5.74, 6) is -0.143. The Morgan fingerprint density at radius 2 is 1.17 bits per heavy atom. The average Bonchev–Trinajstić information content (AvgIpc) is 2.73. The number of esters is 1. The molecule has 0 saturated heterocycles. The SMILES string of the molecule is CCCCCCCCOC(CCC(=O)OCCCCBr)OCCCCCCCC. The topological polar surface area (TPSA) is 44.8 Å². The zero-order valence-electron chi connectivity index (χ0n) is 19.2. The molecule has 5 heteroatoms. The number of hydrogen-bond acceptors (Lipinski definition) is 4. The number of alkyl halides is 1. The molecule has 174 valence electrons. The van der Waals surface area contributed by atoms with Crippen molar-refractivity contribution in [2.24, 2.45) is 0 Å². The van der Waals surface area contributed by atoms with E-state index in [0.29, 0.717) is 32.7 Å². The van der Waals surface area contributed by atoms with Crippen LogP contribution in [-0.4, -0.2) is 37.4 Å². The van der Waals surface area contributed by atoms with Gasteiger partial charge in [-0.2, -0.15) is 0 Å². The molecule has 0 unspecified atom stereocenters. The van der Waals surface area contributed by atoms with E-state index in [1.54, 1.807) is 0 Å². The molecular formula is C24H47BrO4. The summed E-state index contributed by atoms with van der Waals surface area (Å²) in [6.45, 7) is 6.41. The fourth-order valence-corrected chi connectivity index (χ4v) is 3.50. The normalized spacial score (nSPS) is 11.3. The van der Waals surface area contributed by atoms with E-state index in [4.69, 9.17) is 14.2 Å². The molecule has 0 N–H and O–H groups in total. The number of rotatable bonds is 23. The van der Waals surface area contributed by atoms with Crippen LogP contribution in [0.5, 0.6) is 0 Å². The molecule has 0 radical (unpaired) electrons. The largest absolute Gasteiger partial charge is 0.466 e. The second-order valence-corrected chi connectivity index (χ2v) is 8.65. The lowest BCUT2D eigenvalue weighted by Gasteiger charge is -2.18. The van der Waals surface area contributed by atoms with Crippen LogP contribution in [0, 0.1) is 0 Å². The number of halogens is 1. The van der Waals surface area contributed by atoms with Crippen molar-refractivity contribution in [3.05, 3.63) is 0 Å². The van der Waals surface area contributed by atoms with Crippen molar-refractivity contribution >= 4 is 21.9 Å². The summed E-state index contributed by atoms with van der Waals surface area (Å²) in [4.78, 5) is 11.9. The Hall–Kier alpha value is -0.130. The van der Waals surface area contributed by atoms with Gasteiger partial charge in [0.25, 0.3) is 0 Å². The molecule has 4 nitrogen and oxygen atoms in total. The van der Waals surface area contributed by atoms with Gasteiger partial charge in [0.15, 0.2) is 6.29 Å². The van der Waals surface area contributed by atoms with Crippen LogP contribution < -0.4 is 0 Å².